The SMILES string of the molecule is Fc1ccc(NCc2cn[nH]c2-c2cccs2)cn1. The molecule has 3 rings (SSSR count). The second-order valence-electron chi connectivity index (χ2n) is 3.97. The predicted molar refractivity (Wildman–Crippen MR) is 73.4 cm³/mol. The molecule has 0 radical (unpaired) electrons. The molecular formula is C13H11FN4S. The molecule has 0 aromatic carbocycles. The molecule has 3 aromatic rings. The van der Waals surface area contributed by atoms with Crippen molar-refractivity contribution in [1.82, 2.24) is 15.2 Å². The number of nitrogens with zero attached hydrogens (tertiary/aromatic N) is 2. The van der Waals surface area contributed by atoms with Crippen LogP contribution in [-0.2, 0) is 6.54 Å². The molecule has 0 aliphatic heterocycles. The van der Waals surface area contributed by atoms with Crippen LogP contribution in [0, 0.1) is 5.95 Å². The highest BCUT2D eigenvalue weighted by atomic mass is 32.1. The normalized spacial score (nSPS) is 10.6. The van der Waals surface area contributed by atoms with Gasteiger partial charge in [0.25, 0.3) is 0 Å². The Bertz CT molecular complexity index is 646. The number of thiophene rings is 1. The first kappa shape index (κ1) is 11.9. The van der Waals surface area contributed by atoms with Crippen LogP contribution in [0.2, 0.25) is 0 Å². The second-order valence-corrected chi connectivity index (χ2v) is 4.92. The largest absolute Gasteiger partial charge is 0.380 e. The number of anilines is 1. The maximum absolute atomic E-state index is 12.7. The molecule has 2 N–H and O–H groups in total. The van der Waals surface area contributed by atoms with Gasteiger partial charge in [0, 0.05) is 12.1 Å². The lowest BCUT2D eigenvalue weighted by molar-refractivity contribution is 0.584. The quantitative estimate of drug-likeness (QED) is 0.718. The molecule has 0 saturated carbocycles. The highest BCUT2D eigenvalue weighted by Gasteiger charge is 2.08. The number of rotatable bonds is 4. The van der Waals surface area contributed by atoms with Gasteiger partial charge in [0.15, 0.2) is 0 Å². The molecule has 3 aromatic heterocycles. The van der Waals surface area contributed by atoms with Crippen molar-refractivity contribution in [3.8, 4) is 10.6 Å². The molecule has 6 heteroatoms. The third-order valence-corrected chi connectivity index (χ3v) is 3.58. The van der Waals surface area contributed by atoms with Gasteiger partial charge in [-0.1, -0.05) is 6.07 Å². The van der Waals surface area contributed by atoms with E-state index in [1.165, 1.54) is 12.3 Å². The molecule has 0 bridgehead atoms. The molecule has 0 saturated heterocycles. The van der Waals surface area contributed by atoms with Gasteiger partial charge in [-0.2, -0.15) is 9.49 Å². The van der Waals surface area contributed by atoms with E-state index in [-0.39, 0.29) is 0 Å². The van der Waals surface area contributed by atoms with E-state index >= 15 is 0 Å². The van der Waals surface area contributed by atoms with Crippen LogP contribution < -0.4 is 5.32 Å². The van der Waals surface area contributed by atoms with Gasteiger partial charge < -0.3 is 5.32 Å². The Morgan fingerprint density at radius 3 is 2.95 bits per heavy atom. The van der Waals surface area contributed by atoms with Gasteiger partial charge in [-0.25, -0.2) is 4.98 Å². The highest BCUT2D eigenvalue weighted by Crippen LogP contribution is 2.26. The molecule has 0 fully saturated rings. The van der Waals surface area contributed by atoms with Gasteiger partial charge >= 0.3 is 0 Å². The third kappa shape index (κ3) is 2.63. The standard InChI is InChI=1S/C13H11FN4S/c14-12-4-3-10(8-16-12)15-6-9-7-17-18-13(9)11-2-1-5-19-11/h1-5,7-8,15H,6H2,(H,17,18). The zero-order valence-corrected chi connectivity index (χ0v) is 10.7. The Balaban J connectivity index is 1.74. The summed E-state index contributed by atoms with van der Waals surface area (Å²) in [4.78, 5) is 4.75. The van der Waals surface area contributed by atoms with Crippen molar-refractivity contribution in [1.29, 1.82) is 0 Å². The number of hydrogen-bond acceptors (Lipinski definition) is 4. The summed E-state index contributed by atoms with van der Waals surface area (Å²) in [5.41, 5.74) is 2.85. The van der Waals surface area contributed by atoms with Gasteiger partial charge in [0.2, 0.25) is 5.95 Å². The van der Waals surface area contributed by atoms with Gasteiger partial charge in [0.1, 0.15) is 0 Å². The summed E-state index contributed by atoms with van der Waals surface area (Å²) in [5.74, 6) is -0.479. The number of aromatic amines is 1. The van der Waals surface area contributed by atoms with Crippen molar-refractivity contribution >= 4 is 17.0 Å². The number of aromatic nitrogens is 3. The van der Waals surface area contributed by atoms with E-state index in [2.05, 4.69) is 20.5 Å². The molecule has 19 heavy (non-hydrogen) atoms. The molecule has 96 valence electrons. The maximum atomic E-state index is 12.7. The summed E-state index contributed by atoms with van der Waals surface area (Å²) in [6.45, 7) is 0.608. The first-order chi connectivity index (χ1) is 9.33. The maximum Gasteiger partial charge on any atom is 0.212 e. The molecule has 4 nitrogen and oxygen atoms in total. The van der Waals surface area contributed by atoms with Crippen LogP contribution in [0.15, 0.2) is 42.0 Å². The smallest absolute Gasteiger partial charge is 0.212 e. The first-order valence-corrected chi connectivity index (χ1v) is 6.62. The zero-order valence-electron chi connectivity index (χ0n) is 9.93. The van der Waals surface area contributed by atoms with E-state index in [1.54, 1.807) is 23.6 Å². The van der Waals surface area contributed by atoms with Crippen molar-refractivity contribution in [2.75, 3.05) is 5.32 Å². The van der Waals surface area contributed by atoms with E-state index in [1.807, 2.05) is 17.5 Å². The fourth-order valence-electron chi connectivity index (χ4n) is 1.76. The summed E-state index contributed by atoms with van der Waals surface area (Å²) >= 11 is 1.66. The summed E-state index contributed by atoms with van der Waals surface area (Å²) in [6.07, 6.45) is 3.26. The summed E-state index contributed by atoms with van der Waals surface area (Å²) in [7, 11) is 0. The summed E-state index contributed by atoms with van der Waals surface area (Å²) < 4.78 is 12.7. The topological polar surface area (TPSA) is 53.6 Å². The molecule has 0 aliphatic rings. The van der Waals surface area contributed by atoms with Crippen LogP contribution in [0.4, 0.5) is 10.1 Å². The minimum absolute atomic E-state index is 0.479. The summed E-state index contributed by atoms with van der Waals surface area (Å²) in [5, 5.41) is 12.3. The summed E-state index contributed by atoms with van der Waals surface area (Å²) in [6, 6.07) is 7.04. The van der Waals surface area contributed by atoms with Gasteiger partial charge in [0.05, 0.1) is 28.7 Å². The van der Waals surface area contributed by atoms with Gasteiger partial charge in [-0.05, 0) is 23.6 Å². The number of H-pyrrole nitrogens is 1. The van der Waals surface area contributed by atoms with Crippen molar-refractivity contribution in [2.24, 2.45) is 0 Å². The molecule has 0 unspecified atom stereocenters. The first-order valence-electron chi connectivity index (χ1n) is 5.74. The Morgan fingerprint density at radius 1 is 1.26 bits per heavy atom. The Labute approximate surface area is 113 Å². The fourth-order valence-corrected chi connectivity index (χ4v) is 2.51. The third-order valence-electron chi connectivity index (χ3n) is 2.70. The van der Waals surface area contributed by atoms with Crippen molar-refractivity contribution in [3.05, 3.63) is 53.6 Å². The van der Waals surface area contributed by atoms with Gasteiger partial charge in [-0.3, -0.25) is 5.10 Å². The lowest BCUT2D eigenvalue weighted by Crippen LogP contribution is -2.00. The molecular weight excluding hydrogens is 263 g/mol. The molecule has 0 spiro atoms. The van der Waals surface area contributed by atoms with Crippen LogP contribution >= 0.6 is 11.3 Å². The highest BCUT2D eigenvalue weighted by molar-refractivity contribution is 7.13. The van der Waals surface area contributed by atoms with Crippen molar-refractivity contribution in [3.63, 3.8) is 0 Å². The van der Waals surface area contributed by atoms with E-state index in [9.17, 15) is 4.39 Å². The Morgan fingerprint density at radius 2 is 2.21 bits per heavy atom. The molecule has 0 atom stereocenters. The second kappa shape index (κ2) is 5.19. The lowest BCUT2D eigenvalue weighted by atomic mass is 10.2. The minimum Gasteiger partial charge on any atom is -0.380 e. The van der Waals surface area contributed by atoms with E-state index in [4.69, 9.17) is 0 Å². The molecule has 3 heterocycles. The van der Waals surface area contributed by atoms with E-state index < -0.39 is 5.95 Å². The Kier molecular flexibility index (Phi) is 3.24. The number of halogens is 1. The molecule has 0 aliphatic carbocycles. The zero-order chi connectivity index (χ0) is 13.1. The number of pyridine rings is 1. The van der Waals surface area contributed by atoms with Crippen LogP contribution in [-0.4, -0.2) is 15.2 Å². The molecule has 0 amide bonds. The van der Waals surface area contributed by atoms with Gasteiger partial charge in [-0.15, -0.1) is 11.3 Å². The van der Waals surface area contributed by atoms with E-state index in [0.29, 0.717) is 6.54 Å². The van der Waals surface area contributed by atoms with Crippen LogP contribution in [0.3, 0.4) is 0 Å². The van der Waals surface area contributed by atoms with Crippen molar-refractivity contribution < 1.29 is 4.39 Å². The van der Waals surface area contributed by atoms with Crippen LogP contribution in [0.1, 0.15) is 5.56 Å². The number of nitrogens with one attached hydrogen (secondary N) is 2. The van der Waals surface area contributed by atoms with Crippen LogP contribution in [0.5, 0.6) is 0 Å². The van der Waals surface area contributed by atoms with Crippen LogP contribution in [0.25, 0.3) is 10.6 Å². The monoisotopic (exact) mass is 274 g/mol. The van der Waals surface area contributed by atoms with Crippen molar-refractivity contribution in [2.45, 2.75) is 6.54 Å². The fraction of sp³-hybridized carbons (Fsp3) is 0.0769. The Hall–Kier alpha value is -2.21. The number of hydrogen-bond donors (Lipinski definition) is 2. The average molecular weight is 274 g/mol. The van der Waals surface area contributed by atoms with E-state index in [0.717, 1.165) is 21.8 Å². The predicted octanol–water partition coefficient (Wildman–Crippen LogP) is 3.28. The minimum atomic E-state index is -0.479. The average Bonchev–Trinajstić information content (AvgIpc) is 3.08. The lowest BCUT2D eigenvalue weighted by Gasteiger charge is -2.05.